The average Bonchev–Trinajstić information content (AvgIpc) is 2.41. The molecule has 0 atom stereocenters. The predicted octanol–water partition coefficient (Wildman–Crippen LogP) is 0.729. The summed E-state index contributed by atoms with van der Waals surface area (Å²) in [4.78, 5) is 27.1. The van der Waals surface area contributed by atoms with Crippen molar-refractivity contribution < 1.29 is 23.8 Å². The summed E-state index contributed by atoms with van der Waals surface area (Å²) in [7, 11) is 1.58. The van der Waals surface area contributed by atoms with E-state index in [0.29, 0.717) is 39.4 Å². The van der Waals surface area contributed by atoms with Gasteiger partial charge in [-0.1, -0.05) is 0 Å². The van der Waals surface area contributed by atoms with Gasteiger partial charge in [-0.2, -0.15) is 0 Å². The molecule has 0 aromatic rings. The Hall–Kier alpha value is -1.34. The Bertz CT molecular complexity index is 346. The van der Waals surface area contributed by atoms with E-state index in [-0.39, 0.29) is 18.6 Å². The van der Waals surface area contributed by atoms with Gasteiger partial charge < -0.3 is 24.0 Å². The number of carbonyl (C=O) groups is 2. The van der Waals surface area contributed by atoms with E-state index in [9.17, 15) is 9.59 Å². The number of carbonyl (C=O) groups excluding carboxylic acids is 2. The molecule has 0 N–H and O–H groups in total. The molecule has 1 heterocycles. The molecule has 0 aromatic heterocycles. The quantitative estimate of drug-likeness (QED) is 0.700. The highest BCUT2D eigenvalue weighted by atomic mass is 16.6. The van der Waals surface area contributed by atoms with Crippen LogP contribution in [0.2, 0.25) is 0 Å². The topological polar surface area (TPSA) is 68.3 Å². The van der Waals surface area contributed by atoms with E-state index in [1.807, 2.05) is 20.8 Å². The van der Waals surface area contributed by atoms with E-state index in [4.69, 9.17) is 14.2 Å². The monoisotopic (exact) mass is 302 g/mol. The molecule has 1 aliphatic heterocycles. The molecule has 21 heavy (non-hydrogen) atoms. The summed E-state index contributed by atoms with van der Waals surface area (Å²) < 4.78 is 15.4. The van der Waals surface area contributed by atoms with Gasteiger partial charge in [0.15, 0.2) is 0 Å². The van der Waals surface area contributed by atoms with Crippen LogP contribution in [-0.2, 0) is 19.0 Å². The van der Waals surface area contributed by atoms with Crippen molar-refractivity contribution in [1.29, 1.82) is 0 Å². The van der Waals surface area contributed by atoms with Gasteiger partial charge in [0.1, 0.15) is 12.2 Å². The maximum atomic E-state index is 11.9. The minimum atomic E-state index is -0.501. The van der Waals surface area contributed by atoms with Crippen molar-refractivity contribution in [2.45, 2.75) is 26.4 Å². The van der Waals surface area contributed by atoms with Crippen LogP contribution in [0.1, 0.15) is 20.8 Å². The highest BCUT2D eigenvalue weighted by Gasteiger charge is 2.27. The van der Waals surface area contributed by atoms with Gasteiger partial charge in [-0.05, 0) is 20.8 Å². The highest BCUT2D eigenvalue weighted by molar-refractivity contribution is 5.78. The summed E-state index contributed by atoms with van der Waals surface area (Å²) in [5, 5.41) is 0. The van der Waals surface area contributed by atoms with E-state index in [2.05, 4.69) is 0 Å². The highest BCUT2D eigenvalue weighted by Crippen LogP contribution is 2.11. The van der Waals surface area contributed by atoms with Gasteiger partial charge in [0.25, 0.3) is 0 Å². The van der Waals surface area contributed by atoms with E-state index in [0.717, 1.165) is 0 Å². The summed E-state index contributed by atoms with van der Waals surface area (Å²) in [5.74, 6) is -0.0602. The fraction of sp³-hybridized carbons (Fsp3) is 0.857. The number of amides is 2. The molecular formula is C14H26N2O5. The Morgan fingerprint density at radius 3 is 2.10 bits per heavy atom. The van der Waals surface area contributed by atoms with Gasteiger partial charge >= 0.3 is 6.09 Å². The van der Waals surface area contributed by atoms with Crippen LogP contribution in [0.4, 0.5) is 4.79 Å². The largest absolute Gasteiger partial charge is 0.444 e. The van der Waals surface area contributed by atoms with Crippen LogP contribution in [0.15, 0.2) is 0 Å². The summed E-state index contributed by atoms with van der Waals surface area (Å²) in [6.07, 6.45) is -0.328. The van der Waals surface area contributed by atoms with Gasteiger partial charge in [0.2, 0.25) is 5.91 Å². The molecule has 7 nitrogen and oxygen atoms in total. The van der Waals surface area contributed by atoms with Crippen molar-refractivity contribution in [3.63, 3.8) is 0 Å². The molecular weight excluding hydrogens is 276 g/mol. The van der Waals surface area contributed by atoms with Crippen LogP contribution in [0.3, 0.4) is 0 Å². The first-order chi connectivity index (χ1) is 9.83. The lowest BCUT2D eigenvalue weighted by Gasteiger charge is -2.35. The lowest BCUT2D eigenvalue weighted by Crippen LogP contribution is -2.52. The number of rotatable bonds is 5. The SMILES string of the molecule is COCCOCC(=O)N1CCN(C(=O)OC(C)(C)C)CC1. The van der Waals surface area contributed by atoms with Crippen LogP contribution in [-0.4, -0.2) is 80.5 Å². The number of hydrogen-bond donors (Lipinski definition) is 0. The smallest absolute Gasteiger partial charge is 0.410 e. The standard InChI is InChI=1S/C14H26N2O5/c1-14(2,3)21-13(18)16-7-5-15(6-8-16)12(17)11-20-10-9-19-4/h5-11H2,1-4H3. The number of nitrogens with zero attached hydrogens (tertiary/aromatic N) is 2. The summed E-state index contributed by atoms with van der Waals surface area (Å²) in [6, 6.07) is 0. The molecule has 0 spiro atoms. The second-order valence-corrected chi connectivity index (χ2v) is 5.89. The van der Waals surface area contributed by atoms with E-state index in [1.54, 1.807) is 16.9 Å². The van der Waals surface area contributed by atoms with Crippen molar-refractivity contribution in [3.8, 4) is 0 Å². The number of ether oxygens (including phenoxy) is 3. The van der Waals surface area contributed by atoms with Gasteiger partial charge in [0, 0.05) is 33.3 Å². The first-order valence-corrected chi connectivity index (χ1v) is 7.16. The van der Waals surface area contributed by atoms with Crippen LogP contribution in [0.25, 0.3) is 0 Å². The van der Waals surface area contributed by atoms with Crippen molar-refractivity contribution in [2.75, 3.05) is 53.1 Å². The normalized spacial score (nSPS) is 16.0. The lowest BCUT2D eigenvalue weighted by atomic mass is 10.2. The Morgan fingerprint density at radius 1 is 1.00 bits per heavy atom. The molecule has 1 saturated heterocycles. The van der Waals surface area contributed by atoms with Crippen molar-refractivity contribution in [2.24, 2.45) is 0 Å². The van der Waals surface area contributed by atoms with Crippen molar-refractivity contribution in [3.05, 3.63) is 0 Å². The molecule has 122 valence electrons. The van der Waals surface area contributed by atoms with Crippen LogP contribution in [0.5, 0.6) is 0 Å². The Morgan fingerprint density at radius 2 is 1.57 bits per heavy atom. The third kappa shape index (κ3) is 6.77. The summed E-state index contributed by atoms with van der Waals surface area (Å²) >= 11 is 0. The first kappa shape index (κ1) is 17.7. The van der Waals surface area contributed by atoms with Crippen molar-refractivity contribution in [1.82, 2.24) is 9.80 Å². The predicted molar refractivity (Wildman–Crippen MR) is 77.1 cm³/mol. The van der Waals surface area contributed by atoms with E-state index >= 15 is 0 Å². The molecule has 1 fully saturated rings. The second kappa shape index (κ2) is 8.19. The van der Waals surface area contributed by atoms with E-state index < -0.39 is 5.60 Å². The molecule has 1 aliphatic rings. The third-order valence-electron chi connectivity index (χ3n) is 2.94. The molecule has 2 amide bonds. The third-order valence-corrected chi connectivity index (χ3v) is 2.94. The molecule has 0 aromatic carbocycles. The molecule has 0 saturated carbocycles. The van der Waals surface area contributed by atoms with Crippen molar-refractivity contribution >= 4 is 12.0 Å². The minimum Gasteiger partial charge on any atom is -0.444 e. The molecule has 0 radical (unpaired) electrons. The number of methoxy groups -OCH3 is 1. The first-order valence-electron chi connectivity index (χ1n) is 7.16. The molecule has 7 heteroatoms. The Balaban J connectivity index is 2.28. The number of piperazine rings is 1. The van der Waals surface area contributed by atoms with Gasteiger partial charge in [-0.25, -0.2) is 4.79 Å². The van der Waals surface area contributed by atoms with Crippen LogP contribution < -0.4 is 0 Å². The zero-order valence-electron chi connectivity index (χ0n) is 13.4. The maximum Gasteiger partial charge on any atom is 0.410 e. The summed E-state index contributed by atoms with van der Waals surface area (Å²) in [5.41, 5.74) is -0.501. The van der Waals surface area contributed by atoms with E-state index in [1.165, 1.54) is 0 Å². The number of hydrogen-bond acceptors (Lipinski definition) is 5. The zero-order chi connectivity index (χ0) is 15.9. The fourth-order valence-electron chi connectivity index (χ4n) is 1.86. The van der Waals surface area contributed by atoms with Crippen LogP contribution >= 0.6 is 0 Å². The van der Waals surface area contributed by atoms with Crippen LogP contribution in [0, 0.1) is 0 Å². The Kier molecular flexibility index (Phi) is 6.91. The van der Waals surface area contributed by atoms with Gasteiger partial charge in [-0.15, -0.1) is 0 Å². The minimum absolute atomic E-state index is 0.0514. The second-order valence-electron chi connectivity index (χ2n) is 5.89. The molecule has 0 aliphatic carbocycles. The van der Waals surface area contributed by atoms with Gasteiger partial charge in [0.05, 0.1) is 13.2 Å². The molecule has 0 bridgehead atoms. The lowest BCUT2D eigenvalue weighted by molar-refractivity contribution is -0.138. The molecule has 1 rings (SSSR count). The zero-order valence-corrected chi connectivity index (χ0v) is 13.4. The average molecular weight is 302 g/mol. The Labute approximate surface area is 126 Å². The molecule has 0 unspecified atom stereocenters. The maximum absolute atomic E-state index is 11.9. The fourth-order valence-corrected chi connectivity index (χ4v) is 1.86. The van der Waals surface area contributed by atoms with Gasteiger partial charge in [-0.3, -0.25) is 4.79 Å². The summed E-state index contributed by atoms with van der Waals surface area (Å²) in [6.45, 7) is 8.41.